The number of nitriles is 1. The lowest BCUT2D eigenvalue weighted by molar-refractivity contribution is -0.132. The van der Waals surface area contributed by atoms with E-state index in [2.05, 4.69) is 11.4 Å². The highest BCUT2D eigenvalue weighted by atomic mass is 16.2. The monoisotopic (exact) mass is 294 g/mol. The predicted octanol–water partition coefficient (Wildman–Crippen LogP) is 0.739. The Morgan fingerprint density at radius 3 is 2.24 bits per heavy atom. The van der Waals surface area contributed by atoms with E-state index in [1.807, 2.05) is 13.8 Å². The molecule has 21 heavy (non-hydrogen) atoms. The third-order valence-electron chi connectivity index (χ3n) is 3.98. The Morgan fingerprint density at radius 2 is 1.76 bits per heavy atom. The van der Waals surface area contributed by atoms with Gasteiger partial charge >= 0.3 is 0 Å². The van der Waals surface area contributed by atoms with Gasteiger partial charge in [0.15, 0.2) is 0 Å². The van der Waals surface area contributed by atoms with Gasteiger partial charge in [-0.05, 0) is 46.6 Å². The molecule has 6 nitrogen and oxygen atoms in total. The highest BCUT2D eigenvalue weighted by Crippen LogP contribution is 2.28. The molecule has 1 N–H and O–H groups in total. The highest BCUT2D eigenvalue weighted by molar-refractivity contribution is 5.81. The summed E-state index contributed by atoms with van der Waals surface area (Å²) in [5.74, 6) is -0.167. The molecule has 0 heterocycles. The molecule has 118 valence electrons. The van der Waals surface area contributed by atoms with Gasteiger partial charge in [-0.3, -0.25) is 14.5 Å². The SMILES string of the molecule is CCN(CC)C(=O)CN(C)CC(=O)NC1(C#N)CCCC1. The normalized spacial score (nSPS) is 16.5. The van der Waals surface area contributed by atoms with Gasteiger partial charge in [-0.2, -0.15) is 5.26 Å². The van der Waals surface area contributed by atoms with Crippen LogP contribution in [0.5, 0.6) is 0 Å². The summed E-state index contributed by atoms with van der Waals surface area (Å²) < 4.78 is 0. The molecule has 1 rings (SSSR count). The minimum absolute atomic E-state index is 0.0196. The molecule has 1 aliphatic carbocycles. The number of carbonyl (C=O) groups excluding carboxylic acids is 2. The lowest BCUT2D eigenvalue weighted by Crippen LogP contribution is -2.49. The zero-order valence-electron chi connectivity index (χ0n) is 13.3. The molecule has 2 amide bonds. The molecule has 0 bridgehead atoms. The maximum Gasteiger partial charge on any atom is 0.236 e. The van der Waals surface area contributed by atoms with Crippen molar-refractivity contribution < 1.29 is 9.59 Å². The summed E-state index contributed by atoms with van der Waals surface area (Å²) in [6.45, 7) is 5.57. The third kappa shape index (κ3) is 5.01. The van der Waals surface area contributed by atoms with Crippen LogP contribution in [-0.4, -0.2) is 60.4 Å². The molecule has 1 fully saturated rings. The van der Waals surface area contributed by atoms with Gasteiger partial charge in [-0.25, -0.2) is 0 Å². The van der Waals surface area contributed by atoms with Crippen molar-refractivity contribution in [1.29, 1.82) is 5.26 Å². The van der Waals surface area contributed by atoms with Crippen molar-refractivity contribution in [3.63, 3.8) is 0 Å². The fraction of sp³-hybridized carbons (Fsp3) is 0.800. The first kappa shape index (κ1) is 17.4. The van der Waals surface area contributed by atoms with Gasteiger partial charge in [0, 0.05) is 13.1 Å². The topological polar surface area (TPSA) is 76.4 Å². The molecule has 0 atom stereocenters. The molecule has 0 aromatic carbocycles. The Hall–Kier alpha value is -1.61. The van der Waals surface area contributed by atoms with E-state index >= 15 is 0 Å². The second-order valence-electron chi connectivity index (χ2n) is 5.69. The second kappa shape index (κ2) is 7.99. The number of hydrogen-bond acceptors (Lipinski definition) is 4. The van der Waals surface area contributed by atoms with Crippen LogP contribution in [0.25, 0.3) is 0 Å². The zero-order chi connectivity index (χ0) is 15.9. The molecule has 1 aliphatic rings. The van der Waals surface area contributed by atoms with Crippen LogP contribution in [0.1, 0.15) is 39.5 Å². The fourth-order valence-electron chi connectivity index (χ4n) is 2.76. The molecule has 1 saturated carbocycles. The first-order valence-corrected chi connectivity index (χ1v) is 7.65. The predicted molar refractivity (Wildman–Crippen MR) is 80.4 cm³/mol. The molecule has 0 aliphatic heterocycles. The van der Waals surface area contributed by atoms with Gasteiger partial charge in [0.1, 0.15) is 5.54 Å². The summed E-state index contributed by atoms with van der Waals surface area (Å²) in [6.07, 6.45) is 3.39. The summed E-state index contributed by atoms with van der Waals surface area (Å²) >= 11 is 0. The summed E-state index contributed by atoms with van der Waals surface area (Å²) in [5.41, 5.74) is -0.694. The number of carbonyl (C=O) groups is 2. The molecule has 0 unspecified atom stereocenters. The van der Waals surface area contributed by atoms with Gasteiger partial charge < -0.3 is 10.2 Å². The van der Waals surface area contributed by atoms with E-state index in [-0.39, 0.29) is 24.9 Å². The van der Waals surface area contributed by atoms with Crippen LogP contribution in [0.2, 0.25) is 0 Å². The average molecular weight is 294 g/mol. The summed E-state index contributed by atoms with van der Waals surface area (Å²) in [5, 5.41) is 12.1. The highest BCUT2D eigenvalue weighted by Gasteiger charge is 2.35. The summed E-state index contributed by atoms with van der Waals surface area (Å²) in [6, 6.07) is 2.23. The number of hydrogen-bond donors (Lipinski definition) is 1. The van der Waals surface area contributed by atoms with Gasteiger partial charge in [0.2, 0.25) is 11.8 Å². The number of likely N-dealkylation sites (N-methyl/N-ethyl adjacent to an activating group) is 2. The van der Waals surface area contributed by atoms with Gasteiger partial charge in [-0.15, -0.1) is 0 Å². The summed E-state index contributed by atoms with van der Waals surface area (Å²) in [7, 11) is 1.74. The van der Waals surface area contributed by atoms with Gasteiger partial charge in [0.05, 0.1) is 19.2 Å². The first-order chi connectivity index (χ1) is 9.96. The first-order valence-electron chi connectivity index (χ1n) is 7.65. The Labute approximate surface area is 127 Å². The van der Waals surface area contributed by atoms with E-state index in [1.165, 1.54) is 0 Å². The number of nitrogens with zero attached hydrogens (tertiary/aromatic N) is 3. The van der Waals surface area contributed by atoms with Crippen molar-refractivity contribution in [2.45, 2.75) is 45.1 Å². The lowest BCUT2D eigenvalue weighted by atomic mass is 10.00. The standard InChI is InChI=1S/C15H26N4O2/c1-4-19(5-2)14(21)11-18(3)10-13(20)17-15(12-16)8-6-7-9-15/h4-11H2,1-3H3,(H,17,20). The molecular weight excluding hydrogens is 268 g/mol. The van der Waals surface area contributed by atoms with E-state index in [0.29, 0.717) is 13.1 Å². The zero-order valence-corrected chi connectivity index (χ0v) is 13.3. The number of amides is 2. The van der Waals surface area contributed by atoms with Gasteiger partial charge in [-0.1, -0.05) is 0 Å². The van der Waals surface area contributed by atoms with Crippen molar-refractivity contribution in [2.24, 2.45) is 0 Å². The van der Waals surface area contributed by atoms with E-state index in [9.17, 15) is 14.9 Å². The smallest absolute Gasteiger partial charge is 0.236 e. The Morgan fingerprint density at radius 1 is 1.19 bits per heavy atom. The van der Waals surface area contributed by atoms with E-state index in [0.717, 1.165) is 25.7 Å². The molecule has 0 saturated heterocycles. The van der Waals surface area contributed by atoms with Crippen LogP contribution < -0.4 is 5.32 Å². The van der Waals surface area contributed by atoms with Crippen LogP contribution >= 0.6 is 0 Å². The average Bonchev–Trinajstić information content (AvgIpc) is 2.88. The van der Waals surface area contributed by atoms with Crippen molar-refractivity contribution in [2.75, 3.05) is 33.2 Å². The quantitative estimate of drug-likeness (QED) is 0.751. The third-order valence-corrected chi connectivity index (χ3v) is 3.98. The van der Waals surface area contributed by atoms with Crippen LogP contribution in [0, 0.1) is 11.3 Å². The maximum absolute atomic E-state index is 12.0. The van der Waals surface area contributed by atoms with Crippen molar-refractivity contribution in [3.8, 4) is 6.07 Å². The molecular formula is C15H26N4O2. The van der Waals surface area contributed by atoms with Crippen LogP contribution in [0.3, 0.4) is 0 Å². The maximum atomic E-state index is 12.0. The fourth-order valence-corrected chi connectivity index (χ4v) is 2.76. The number of nitrogens with one attached hydrogen (secondary N) is 1. The molecule has 0 aromatic rings. The van der Waals surface area contributed by atoms with E-state index < -0.39 is 5.54 Å². The van der Waals surface area contributed by atoms with Crippen LogP contribution in [-0.2, 0) is 9.59 Å². The van der Waals surface area contributed by atoms with Crippen LogP contribution in [0.4, 0.5) is 0 Å². The van der Waals surface area contributed by atoms with Crippen LogP contribution in [0.15, 0.2) is 0 Å². The lowest BCUT2D eigenvalue weighted by Gasteiger charge is -2.25. The minimum atomic E-state index is -0.694. The summed E-state index contributed by atoms with van der Waals surface area (Å²) in [4.78, 5) is 27.4. The van der Waals surface area contributed by atoms with Crippen molar-refractivity contribution >= 4 is 11.8 Å². The Kier molecular flexibility index (Phi) is 6.63. The Balaban J connectivity index is 2.44. The molecule has 0 aromatic heterocycles. The van der Waals surface area contributed by atoms with E-state index in [1.54, 1.807) is 16.8 Å². The molecule has 6 heteroatoms. The van der Waals surface area contributed by atoms with E-state index in [4.69, 9.17) is 0 Å². The second-order valence-corrected chi connectivity index (χ2v) is 5.69. The Bertz CT molecular complexity index is 406. The molecule has 0 radical (unpaired) electrons. The van der Waals surface area contributed by atoms with Crippen molar-refractivity contribution in [1.82, 2.24) is 15.1 Å². The minimum Gasteiger partial charge on any atom is -0.342 e. The van der Waals surface area contributed by atoms with Crippen molar-refractivity contribution in [3.05, 3.63) is 0 Å². The van der Waals surface area contributed by atoms with Gasteiger partial charge in [0.25, 0.3) is 0 Å². The number of rotatable bonds is 7. The largest absolute Gasteiger partial charge is 0.342 e. The molecule has 0 spiro atoms.